The van der Waals surface area contributed by atoms with Crippen molar-refractivity contribution >= 4 is 23.2 Å². The van der Waals surface area contributed by atoms with Crippen LogP contribution in [-0.4, -0.2) is 30.1 Å². The fourth-order valence-electron chi connectivity index (χ4n) is 2.45. The molecule has 0 spiro atoms. The molecular formula is C14H20Cl2N2. The first-order chi connectivity index (χ1) is 8.46. The fraction of sp³-hybridized carbons (Fsp3) is 0.571. The van der Waals surface area contributed by atoms with Gasteiger partial charge in [0.2, 0.25) is 0 Å². The highest BCUT2D eigenvalue weighted by Crippen LogP contribution is 2.23. The summed E-state index contributed by atoms with van der Waals surface area (Å²) in [5.74, 6) is 0. The van der Waals surface area contributed by atoms with Crippen molar-refractivity contribution in [3.63, 3.8) is 0 Å². The highest BCUT2D eigenvalue weighted by molar-refractivity contribution is 6.35. The summed E-state index contributed by atoms with van der Waals surface area (Å²) < 4.78 is 0. The number of halogens is 2. The van der Waals surface area contributed by atoms with E-state index in [0.717, 1.165) is 36.8 Å². The number of nitrogens with zero attached hydrogens (tertiary/aromatic N) is 1. The summed E-state index contributed by atoms with van der Waals surface area (Å²) in [5.41, 5.74) is 1.31. The standard InChI is InChI=1S/C14H20Cl2N2/c1-14(2)10-18(7-3-6-17-14)9-11-4-5-12(15)8-13(11)16/h4-5,8,17H,3,6-7,9-10H2,1-2H3. The Bertz CT molecular complexity index is 418. The first kappa shape index (κ1) is 14.1. The molecule has 0 atom stereocenters. The van der Waals surface area contributed by atoms with Crippen LogP contribution in [0.2, 0.25) is 10.0 Å². The quantitative estimate of drug-likeness (QED) is 0.894. The zero-order chi connectivity index (χ0) is 13.2. The van der Waals surface area contributed by atoms with E-state index in [2.05, 4.69) is 24.1 Å². The Morgan fingerprint density at radius 1 is 1.33 bits per heavy atom. The third kappa shape index (κ3) is 3.86. The second-order valence-corrected chi connectivity index (χ2v) is 6.45. The van der Waals surface area contributed by atoms with Gasteiger partial charge in [-0.1, -0.05) is 29.3 Å². The van der Waals surface area contributed by atoms with Gasteiger partial charge in [-0.25, -0.2) is 0 Å². The minimum atomic E-state index is 0.162. The maximum atomic E-state index is 6.23. The van der Waals surface area contributed by atoms with E-state index in [1.807, 2.05) is 18.2 Å². The Morgan fingerprint density at radius 2 is 2.11 bits per heavy atom. The molecule has 1 saturated heterocycles. The molecule has 1 fully saturated rings. The number of nitrogens with one attached hydrogen (secondary N) is 1. The normalized spacial score (nSPS) is 20.7. The molecule has 0 amide bonds. The van der Waals surface area contributed by atoms with E-state index in [9.17, 15) is 0 Å². The molecule has 0 bridgehead atoms. The lowest BCUT2D eigenvalue weighted by molar-refractivity contribution is 0.224. The van der Waals surface area contributed by atoms with Crippen molar-refractivity contribution in [3.05, 3.63) is 33.8 Å². The summed E-state index contributed by atoms with van der Waals surface area (Å²) in [6.07, 6.45) is 1.18. The molecule has 0 aliphatic carbocycles. The van der Waals surface area contributed by atoms with Crippen molar-refractivity contribution in [1.82, 2.24) is 10.2 Å². The summed E-state index contributed by atoms with van der Waals surface area (Å²) in [6.45, 7) is 8.60. The Hall–Kier alpha value is -0.280. The van der Waals surface area contributed by atoms with Gasteiger partial charge in [0.25, 0.3) is 0 Å². The monoisotopic (exact) mass is 286 g/mol. The SMILES string of the molecule is CC1(C)CN(Cc2ccc(Cl)cc2Cl)CCCN1. The fourth-order valence-corrected chi connectivity index (χ4v) is 2.92. The Balaban J connectivity index is 2.07. The Morgan fingerprint density at radius 3 is 2.83 bits per heavy atom. The second-order valence-electron chi connectivity index (χ2n) is 5.61. The number of hydrogen-bond donors (Lipinski definition) is 1. The maximum absolute atomic E-state index is 6.23. The molecule has 0 radical (unpaired) electrons. The van der Waals surface area contributed by atoms with Gasteiger partial charge in [0, 0.05) is 28.7 Å². The van der Waals surface area contributed by atoms with Gasteiger partial charge in [-0.15, -0.1) is 0 Å². The van der Waals surface area contributed by atoms with E-state index in [-0.39, 0.29) is 5.54 Å². The van der Waals surface area contributed by atoms with Gasteiger partial charge in [-0.05, 0) is 51.1 Å². The molecule has 1 aromatic rings. The zero-order valence-corrected chi connectivity index (χ0v) is 12.5. The first-order valence-electron chi connectivity index (χ1n) is 6.38. The van der Waals surface area contributed by atoms with Gasteiger partial charge >= 0.3 is 0 Å². The van der Waals surface area contributed by atoms with Crippen LogP contribution >= 0.6 is 23.2 Å². The average Bonchev–Trinajstić information content (AvgIpc) is 2.43. The summed E-state index contributed by atoms with van der Waals surface area (Å²) in [7, 11) is 0. The van der Waals surface area contributed by atoms with Crippen LogP contribution in [0.25, 0.3) is 0 Å². The van der Waals surface area contributed by atoms with E-state index in [1.54, 1.807) is 0 Å². The molecule has 0 unspecified atom stereocenters. The number of rotatable bonds is 2. The van der Waals surface area contributed by atoms with Gasteiger partial charge in [0.05, 0.1) is 0 Å². The lowest BCUT2D eigenvalue weighted by Gasteiger charge is -2.30. The summed E-state index contributed by atoms with van der Waals surface area (Å²) >= 11 is 12.2. The lowest BCUT2D eigenvalue weighted by atomic mass is 10.1. The summed E-state index contributed by atoms with van der Waals surface area (Å²) in [5, 5.41) is 5.02. The molecule has 4 heteroatoms. The molecule has 0 saturated carbocycles. The first-order valence-corrected chi connectivity index (χ1v) is 7.13. The van der Waals surface area contributed by atoms with E-state index in [1.165, 1.54) is 6.42 Å². The van der Waals surface area contributed by atoms with Crippen molar-refractivity contribution < 1.29 is 0 Å². The van der Waals surface area contributed by atoms with Crippen LogP contribution in [0, 0.1) is 0 Å². The largest absolute Gasteiger partial charge is 0.310 e. The van der Waals surface area contributed by atoms with Crippen LogP contribution in [0.3, 0.4) is 0 Å². The molecule has 1 heterocycles. The van der Waals surface area contributed by atoms with Crippen LogP contribution in [0.5, 0.6) is 0 Å². The maximum Gasteiger partial charge on any atom is 0.0465 e. The Labute approximate surface area is 119 Å². The molecule has 2 nitrogen and oxygen atoms in total. The molecule has 1 aromatic carbocycles. The van der Waals surface area contributed by atoms with E-state index in [0.29, 0.717) is 5.02 Å². The summed E-state index contributed by atoms with van der Waals surface area (Å²) in [6, 6.07) is 5.75. The topological polar surface area (TPSA) is 15.3 Å². The van der Waals surface area contributed by atoms with Crippen LogP contribution in [0.1, 0.15) is 25.8 Å². The molecule has 100 valence electrons. The highest BCUT2D eigenvalue weighted by Gasteiger charge is 2.24. The van der Waals surface area contributed by atoms with Crippen LogP contribution in [-0.2, 0) is 6.54 Å². The molecule has 1 aliphatic heterocycles. The molecule has 18 heavy (non-hydrogen) atoms. The molecule has 2 rings (SSSR count). The number of hydrogen-bond acceptors (Lipinski definition) is 2. The summed E-state index contributed by atoms with van der Waals surface area (Å²) in [4.78, 5) is 2.45. The second kappa shape index (κ2) is 5.79. The van der Waals surface area contributed by atoms with Crippen LogP contribution in [0.4, 0.5) is 0 Å². The van der Waals surface area contributed by atoms with Crippen molar-refractivity contribution in [2.24, 2.45) is 0 Å². The third-order valence-corrected chi connectivity index (χ3v) is 3.87. The van der Waals surface area contributed by atoms with Crippen molar-refractivity contribution in [1.29, 1.82) is 0 Å². The minimum Gasteiger partial charge on any atom is -0.310 e. The van der Waals surface area contributed by atoms with Gasteiger partial charge in [-0.3, -0.25) is 4.90 Å². The lowest BCUT2D eigenvalue weighted by Crippen LogP contribution is -2.46. The van der Waals surface area contributed by atoms with E-state index < -0.39 is 0 Å². The van der Waals surface area contributed by atoms with E-state index in [4.69, 9.17) is 23.2 Å². The molecular weight excluding hydrogens is 267 g/mol. The van der Waals surface area contributed by atoms with Crippen molar-refractivity contribution in [3.8, 4) is 0 Å². The van der Waals surface area contributed by atoms with Crippen molar-refractivity contribution in [2.45, 2.75) is 32.4 Å². The molecule has 0 aromatic heterocycles. The van der Waals surface area contributed by atoms with Gasteiger partial charge in [0.15, 0.2) is 0 Å². The highest BCUT2D eigenvalue weighted by atomic mass is 35.5. The van der Waals surface area contributed by atoms with Crippen LogP contribution in [0.15, 0.2) is 18.2 Å². The average molecular weight is 287 g/mol. The minimum absolute atomic E-state index is 0.162. The zero-order valence-electron chi connectivity index (χ0n) is 11.0. The predicted octanol–water partition coefficient (Wildman–Crippen LogP) is 3.57. The Kier molecular flexibility index (Phi) is 4.54. The van der Waals surface area contributed by atoms with E-state index >= 15 is 0 Å². The number of benzene rings is 1. The van der Waals surface area contributed by atoms with Gasteiger partial charge < -0.3 is 5.32 Å². The molecule has 1 aliphatic rings. The smallest absolute Gasteiger partial charge is 0.0465 e. The third-order valence-electron chi connectivity index (χ3n) is 3.28. The van der Waals surface area contributed by atoms with Gasteiger partial charge in [-0.2, -0.15) is 0 Å². The van der Waals surface area contributed by atoms with Gasteiger partial charge in [0.1, 0.15) is 0 Å². The van der Waals surface area contributed by atoms with Crippen LogP contribution < -0.4 is 5.32 Å². The predicted molar refractivity (Wildman–Crippen MR) is 78.4 cm³/mol. The van der Waals surface area contributed by atoms with Crippen molar-refractivity contribution in [2.75, 3.05) is 19.6 Å². The molecule has 1 N–H and O–H groups in total.